The molecule has 3 heterocycles. The number of hydrogen-bond donors (Lipinski definition) is 2. The second-order valence-corrected chi connectivity index (χ2v) is 8.62. The zero-order valence-corrected chi connectivity index (χ0v) is 19.9. The number of methoxy groups -OCH3 is 1. The molecule has 4 aromatic rings. The highest BCUT2D eigenvalue weighted by molar-refractivity contribution is 6.29. The number of anilines is 3. The standard InChI is InChI=1S/C25H26ClN7O/c1-27-25-28-8-5-21(32-25)17-11-16-3-4-19(34-2)13-20(16)22(12-17)31-18-6-9-33(10-7-18)24-14-23(26)29-15-30-24/h3-5,8,11-15,18,31H,6-7,9-10H2,1-2H3,(H,27,28,32). The van der Waals surface area contributed by atoms with E-state index in [1.54, 1.807) is 13.3 Å². The van der Waals surface area contributed by atoms with Crippen LogP contribution >= 0.6 is 11.6 Å². The summed E-state index contributed by atoms with van der Waals surface area (Å²) in [7, 11) is 3.51. The summed E-state index contributed by atoms with van der Waals surface area (Å²) in [6.45, 7) is 1.78. The number of nitrogens with zero attached hydrogens (tertiary/aromatic N) is 5. The summed E-state index contributed by atoms with van der Waals surface area (Å²) in [6.07, 6.45) is 5.25. The van der Waals surface area contributed by atoms with Gasteiger partial charge in [-0.25, -0.2) is 19.9 Å². The van der Waals surface area contributed by atoms with Gasteiger partial charge in [0.15, 0.2) is 0 Å². The Labute approximate surface area is 203 Å². The third-order valence-electron chi connectivity index (χ3n) is 6.13. The van der Waals surface area contributed by atoms with Gasteiger partial charge in [0.2, 0.25) is 5.95 Å². The molecule has 174 valence electrons. The van der Waals surface area contributed by atoms with Gasteiger partial charge in [0.25, 0.3) is 0 Å². The van der Waals surface area contributed by atoms with E-state index < -0.39 is 0 Å². The molecule has 1 aliphatic heterocycles. The van der Waals surface area contributed by atoms with Crippen LogP contribution in [0.2, 0.25) is 5.15 Å². The molecule has 8 nitrogen and oxygen atoms in total. The largest absolute Gasteiger partial charge is 0.497 e. The van der Waals surface area contributed by atoms with Crippen LogP contribution in [0.1, 0.15) is 12.8 Å². The normalized spacial score (nSPS) is 14.3. The van der Waals surface area contributed by atoms with Gasteiger partial charge >= 0.3 is 0 Å². The summed E-state index contributed by atoms with van der Waals surface area (Å²) in [4.78, 5) is 19.5. The lowest BCUT2D eigenvalue weighted by atomic mass is 10.00. The van der Waals surface area contributed by atoms with E-state index in [9.17, 15) is 0 Å². The number of fused-ring (bicyclic) bond motifs is 1. The van der Waals surface area contributed by atoms with Crippen molar-refractivity contribution in [1.29, 1.82) is 0 Å². The molecule has 34 heavy (non-hydrogen) atoms. The Morgan fingerprint density at radius 2 is 1.88 bits per heavy atom. The lowest BCUT2D eigenvalue weighted by Gasteiger charge is -2.34. The molecule has 2 aromatic carbocycles. The van der Waals surface area contributed by atoms with Crippen molar-refractivity contribution in [3.8, 4) is 17.0 Å². The van der Waals surface area contributed by atoms with Gasteiger partial charge in [-0.15, -0.1) is 0 Å². The molecule has 0 amide bonds. The molecule has 0 atom stereocenters. The minimum atomic E-state index is 0.330. The predicted octanol–water partition coefficient (Wildman–Crippen LogP) is 4.87. The van der Waals surface area contributed by atoms with Gasteiger partial charge in [-0.2, -0.15) is 0 Å². The second kappa shape index (κ2) is 9.69. The molecule has 1 fully saturated rings. The Morgan fingerprint density at radius 1 is 1.03 bits per heavy atom. The van der Waals surface area contributed by atoms with E-state index >= 15 is 0 Å². The first-order chi connectivity index (χ1) is 16.6. The van der Waals surface area contributed by atoms with E-state index in [1.807, 2.05) is 25.2 Å². The second-order valence-electron chi connectivity index (χ2n) is 8.23. The van der Waals surface area contributed by atoms with E-state index in [4.69, 9.17) is 16.3 Å². The van der Waals surface area contributed by atoms with Crippen molar-refractivity contribution in [2.75, 3.05) is 42.8 Å². The monoisotopic (exact) mass is 475 g/mol. The van der Waals surface area contributed by atoms with Crippen LogP contribution in [-0.2, 0) is 0 Å². The highest BCUT2D eigenvalue weighted by atomic mass is 35.5. The third-order valence-corrected chi connectivity index (χ3v) is 6.34. The summed E-state index contributed by atoms with van der Waals surface area (Å²) >= 11 is 6.05. The molecule has 2 N–H and O–H groups in total. The molecule has 9 heteroatoms. The number of benzene rings is 2. The smallest absolute Gasteiger partial charge is 0.222 e. The van der Waals surface area contributed by atoms with Gasteiger partial charge in [-0.1, -0.05) is 17.7 Å². The van der Waals surface area contributed by atoms with Crippen molar-refractivity contribution >= 4 is 39.8 Å². The first-order valence-corrected chi connectivity index (χ1v) is 11.6. The number of hydrogen-bond acceptors (Lipinski definition) is 8. The molecular weight excluding hydrogens is 450 g/mol. The highest BCUT2D eigenvalue weighted by Crippen LogP contribution is 2.34. The molecule has 5 rings (SSSR count). The molecule has 1 saturated heterocycles. The molecule has 2 aromatic heterocycles. The Kier molecular flexibility index (Phi) is 6.31. The predicted molar refractivity (Wildman–Crippen MR) is 137 cm³/mol. The van der Waals surface area contributed by atoms with Crippen LogP contribution in [0.5, 0.6) is 5.75 Å². The number of nitrogens with one attached hydrogen (secondary N) is 2. The summed E-state index contributed by atoms with van der Waals surface area (Å²) in [5, 5.41) is 9.52. The van der Waals surface area contributed by atoms with Gasteiger partial charge in [0, 0.05) is 55.1 Å². The number of aromatic nitrogens is 4. The molecule has 0 unspecified atom stereocenters. The molecule has 0 bridgehead atoms. The highest BCUT2D eigenvalue weighted by Gasteiger charge is 2.21. The van der Waals surface area contributed by atoms with Crippen molar-refractivity contribution in [3.05, 3.63) is 60.1 Å². The topological polar surface area (TPSA) is 88.1 Å². The number of halogens is 1. The quantitative estimate of drug-likeness (QED) is 0.382. The van der Waals surface area contributed by atoms with Gasteiger partial charge in [-0.05, 0) is 48.6 Å². The summed E-state index contributed by atoms with van der Waals surface area (Å²) in [5.41, 5.74) is 2.97. The fourth-order valence-corrected chi connectivity index (χ4v) is 4.48. The third kappa shape index (κ3) is 4.68. The Hall–Kier alpha value is -3.65. The summed E-state index contributed by atoms with van der Waals surface area (Å²) in [5.74, 6) is 2.30. The molecule has 0 spiro atoms. The summed E-state index contributed by atoms with van der Waals surface area (Å²) in [6, 6.07) is 14.6. The maximum absolute atomic E-state index is 6.05. The van der Waals surface area contributed by atoms with Crippen molar-refractivity contribution < 1.29 is 4.74 Å². The molecule has 0 radical (unpaired) electrons. The molecule has 1 aliphatic rings. The van der Waals surface area contributed by atoms with Crippen molar-refractivity contribution in [2.24, 2.45) is 0 Å². The lowest BCUT2D eigenvalue weighted by molar-refractivity contribution is 0.415. The van der Waals surface area contributed by atoms with Crippen LogP contribution in [0, 0.1) is 0 Å². The number of rotatable bonds is 6. The fraction of sp³-hybridized carbons (Fsp3) is 0.280. The van der Waals surface area contributed by atoms with Gasteiger partial charge < -0.3 is 20.3 Å². The van der Waals surface area contributed by atoms with E-state index in [0.717, 1.165) is 65.2 Å². The first kappa shape index (κ1) is 22.2. The van der Waals surface area contributed by atoms with E-state index in [-0.39, 0.29) is 0 Å². The van der Waals surface area contributed by atoms with E-state index in [2.05, 4.69) is 59.7 Å². The SMILES string of the molecule is CNc1nccc(-c2cc(NC3CCN(c4cc(Cl)ncn4)CC3)c3cc(OC)ccc3c2)n1. The fourth-order valence-electron chi connectivity index (χ4n) is 4.34. The molecular formula is C25H26ClN7O. The Balaban J connectivity index is 1.43. The average molecular weight is 476 g/mol. The van der Waals surface area contributed by atoms with Crippen molar-refractivity contribution in [2.45, 2.75) is 18.9 Å². The Bertz CT molecular complexity index is 1310. The number of piperidine rings is 1. The molecule has 0 saturated carbocycles. The zero-order chi connectivity index (χ0) is 23.5. The van der Waals surface area contributed by atoms with E-state index in [1.165, 1.54) is 6.33 Å². The maximum Gasteiger partial charge on any atom is 0.222 e. The van der Waals surface area contributed by atoms with Crippen LogP contribution < -0.4 is 20.3 Å². The zero-order valence-electron chi connectivity index (χ0n) is 19.1. The first-order valence-electron chi connectivity index (χ1n) is 11.2. The van der Waals surface area contributed by atoms with Crippen LogP contribution in [0.15, 0.2) is 55.0 Å². The van der Waals surface area contributed by atoms with Crippen LogP contribution in [0.25, 0.3) is 22.0 Å². The van der Waals surface area contributed by atoms with Crippen molar-refractivity contribution in [1.82, 2.24) is 19.9 Å². The lowest BCUT2D eigenvalue weighted by Crippen LogP contribution is -2.39. The van der Waals surface area contributed by atoms with Crippen molar-refractivity contribution in [3.63, 3.8) is 0 Å². The van der Waals surface area contributed by atoms with Gasteiger partial charge in [-0.3, -0.25) is 0 Å². The van der Waals surface area contributed by atoms with Crippen LogP contribution in [0.4, 0.5) is 17.5 Å². The van der Waals surface area contributed by atoms with Gasteiger partial charge in [0.1, 0.15) is 23.0 Å². The Morgan fingerprint density at radius 3 is 2.65 bits per heavy atom. The van der Waals surface area contributed by atoms with E-state index in [0.29, 0.717) is 17.1 Å². The van der Waals surface area contributed by atoms with Crippen LogP contribution in [0.3, 0.4) is 0 Å². The van der Waals surface area contributed by atoms with Gasteiger partial charge in [0.05, 0.1) is 12.8 Å². The summed E-state index contributed by atoms with van der Waals surface area (Å²) < 4.78 is 5.50. The number of ether oxygens (including phenoxy) is 1. The van der Waals surface area contributed by atoms with Crippen LogP contribution in [-0.4, -0.2) is 53.2 Å². The maximum atomic E-state index is 6.05. The molecule has 0 aliphatic carbocycles. The minimum Gasteiger partial charge on any atom is -0.497 e. The minimum absolute atomic E-state index is 0.330. The average Bonchev–Trinajstić information content (AvgIpc) is 2.89.